The highest BCUT2D eigenvalue weighted by molar-refractivity contribution is 7.85. The van der Waals surface area contributed by atoms with Crippen molar-refractivity contribution in [3.05, 3.63) is 28.2 Å². The lowest BCUT2D eigenvalue weighted by Crippen LogP contribution is -2.38. The van der Waals surface area contributed by atoms with Crippen molar-refractivity contribution in [1.29, 1.82) is 0 Å². The van der Waals surface area contributed by atoms with E-state index in [1.54, 1.807) is 18.2 Å². The summed E-state index contributed by atoms with van der Waals surface area (Å²) >= 11 is 12.0. The van der Waals surface area contributed by atoms with E-state index in [2.05, 4.69) is 4.90 Å². The number of rotatable bonds is 5. The zero-order chi connectivity index (χ0) is 14.5. The number of halogens is 2. The summed E-state index contributed by atoms with van der Waals surface area (Å²) in [5, 5.41) is 10.3. The highest BCUT2D eigenvalue weighted by Crippen LogP contribution is 2.24. The maximum atomic E-state index is 12.3. The van der Waals surface area contributed by atoms with E-state index in [1.165, 1.54) is 0 Å². The van der Waals surface area contributed by atoms with Gasteiger partial charge in [0.1, 0.15) is 0 Å². The number of hydrogen-bond donors (Lipinski definition) is 1. The monoisotopic (exact) mass is 335 g/mol. The smallest absolute Gasteiger partial charge is 0.0589 e. The standard InChI is InChI=1S/C14H19Cl2NO2S/c15-12-3-4-13(16)14(8-12)20(19)7-6-17-5-1-2-11(9-17)10-18/h3-4,8,11,18H,1-2,5-7,9-10H2. The van der Waals surface area contributed by atoms with Gasteiger partial charge in [-0.05, 0) is 43.5 Å². The fraction of sp³-hybridized carbons (Fsp3) is 0.571. The molecular weight excluding hydrogens is 317 g/mol. The van der Waals surface area contributed by atoms with E-state index in [9.17, 15) is 9.32 Å². The highest BCUT2D eigenvalue weighted by atomic mass is 35.5. The molecule has 1 aliphatic heterocycles. The van der Waals surface area contributed by atoms with Gasteiger partial charge < -0.3 is 10.0 Å². The van der Waals surface area contributed by atoms with Crippen molar-refractivity contribution in [3.8, 4) is 0 Å². The van der Waals surface area contributed by atoms with Gasteiger partial charge in [0.15, 0.2) is 0 Å². The molecule has 0 radical (unpaired) electrons. The lowest BCUT2D eigenvalue weighted by Gasteiger charge is -2.31. The summed E-state index contributed by atoms with van der Waals surface area (Å²) < 4.78 is 12.3. The van der Waals surface area contributed by atoms with Crippen molar-refractivity contribution in [3.63, 3.8) is 0 Å². The number of piperidine rings is 1. The van der Waals surface area contributed by atoms with Crippen LogP contribution in [-0.4, -0.2) is 46.2 Å². The van der Waals surface area contributed by atoms with Gasteiger partial charge in [-0.3, -0.25) is 4.21 Å². The SMILES string of the molecule is O=S(CCN1CCCC(CO)C1)c1cc(Cl)ccc1Cl. The molecule has 1 aromatic carbocycles. The van der Waals surface area contributed by atoms with Gasteiger partial charge in [0.05, 0.1) is 20.7 Å². The van der Waals surface area contributed by atoms with Crippen LogP contribution >= 0.6 is 23.2 Å². The number of aliphatic hydroxyl groups is 1. The molecule has 0 bridgehead atoms. The topological polar surface area (TPSA) is 40.5 Å². The molecule has 1 fully saturated rings. The van der Waals surface area contributed by atoms with E-state index < -0.39 is 10.8 Å². The van der Waals surface area contributed by atoms with Gasteiger partial charge in [-0.2, -0.15) is 0 Å². The minimum absolute atomic E-state index is 0.236. The largest absolute Gasteiger partial charge is 0.396 e. The lowest BCUT2D eigenvalue weighted by atomic mass is 9.99. The second-order valence-corrected chi connectivity index (χ2v) is 7.50. The fourth-order valence-electron chi connectivity index (χ4n) is 2.48. The molecule has 0 aromatic heterocycles. The third-order valence-electron chi connectivity index (χ3n) is 3.59. The Balaban J connectivity index is 1.90. The van der Waals surface area contributed by atoms with Crippen LogP contribution in [0.15, 0.2) is 23.1 Å². The summed E-state index contributed by atoms with van der Waals surface area (Å²) in [6, 6.07) is 5.05. The molecule has 0 aliphatic carbocycles. The molecule has 0 spiro atoms. The van der Waals surface area contributed by atoms with E-state index in [0.29, 0.717) is 26.6 Å². The minimum Gasteiger partial charge on any atom is -0.396 e. The van der Waals surface area contributed by atoms with E-state index in [4.69, 9.17) is 23.2 Å². The van der Waals surface area contributed by atoms with Gasteiger partial charge in [0.25, 0.3) is 0 Å². The number of benzene rings is 1. The molecule has 0 saturated carbocycles. The van der Waals surface area contributed by atoms with E-state index in [-0.39, 0.29) is 6.61 Å². The second kappa shape index (κ2) is 7.76. The number of nitrogens with zero attached hydrogens (tertiary/aromatic N) is 1. The van der Waals surface area contributed by atoms with Crippen LogP contribution in [0.2, 0.25) is 10.0 Å². The van der Waals surface area contributed by atoms with Gasteiger partial charge in [0.2, 0.25) is 0 Å². The molecule has 2 rings (SSSR count). The quantitative estimate of drug-likeness (QED) is 0.899. The van der Waals surface area contributed by atoms with E-state index in [0.717, 1.165) is 32.5 Å². The molecule has 112 valence electrons. The Morgan fingerprint density at radius 3 is 2.95 bits per heavy atom. The maximum absolute atomic E-state index is 12.3. The first-order valence-electron chi connectivity index (χ1n) is 6.77. The molecule has 20 heavy (non-hydrogen) atoms. The van der Waals surface area contributed by atoms with Gasteiger partial charge >= 0.3 is 0 Å². The molecular formula is C14H19Cl2NO2S. The first-order chi connectivity index (χ1) is 9.60. The highest BCUT2D eigenvalue weighted by Gasteiger charge is 2.20. The predicted molar refractivity (Wildman–Crippen MR) is 84.0 cm³/mol. The van der Waals surface area contributed by atoms with Crippen LogP contribution in [0.5, 0.6) is 0 Å². The van der Waals surface area contributed by atoms with Crippen molar-refractivity contribution in [1.82, 2.24) is 4.90 Å². The first-order valence-corrected chi connectivity index (χ1v) is 8.84. The van der Waals surface area contributed by atoms with Crippen LogP contribution < -0.4 is 0 Å². The molecule has 2 atom stereocenters. The first kappa shape index (κ1) is 16.2. The molecule has 1 N–H and O–H groups in total. The molecule has 6 heteroatoms. The van der Waals surface area contributed by atoms with Crippen LogP contribution in [-0.2, 0) is 10.8 Å². The molecule has 0 amide bonds. The van der Waals surface area contributed by atoms with E-state index >= 15 is 0 Å². The Kier molecular flexibility index (Phi) is 6.30. The van der Waals surface area contributed by atoms with E-state index in [1.807, 2.05) is 0 Å². The molecule has 1 aliphatic rings. The lowest BCUT2D eigenvalue weighted by molar-refractivity contribution is 0.125. The molecule has 2 unspecified atom stereocenters. The summed E-state index contributed by atoms with van der Waals surface area (Å²) in [5.41, 5.74) is 0. The third kappa shape index (κ3) is 4.43. The van der Waals surface area contributed by atoms with Crippen molar-refractivity contribution in [2.45, 2.75) is 17.7 Å². The van der Waals surface area contributed by atoms with Crippen molar-refractivity contribution < 1.29 is 9.32 Å². The molecule has 1 heterocycles. The second-order valence-electron chi connectivity index (χ2n) is 5.12. The van der Waals surface area contributed by atoms with Crippen LogP contribution in [0.25, 0.3) is 0 Å². The average Bonchev–Trinajstić information content (AvgIpc) is 2.47. The van der Waals surface area contributed by atoms with Crippen LogP contribution in [0.4, 0.5) is 0 Å². The third-order valence-corrected chi connectivity index (χ3v) is 5.65. The Morgan fingerprint density at radius 1 is 1.40 bits per heavy atom. The Morgan fingerprint density at radius 2 is 2.20 bits per heavy atom. The molecule has 1 aromatic rings. The normalized spacial score (nSPS) is 21.9. The summed E-state index contributed by atoms with van der Waals surface area (Å²) in [6.45, 7) is 2.89. The summed E-state index contributed by atoms with van der Waals surface area (Å²) in [7, 11) is -1.14. The number of hydrogen-bond acceptors (Lipinski definition) is 3. The van der Waals surface area contributed by atoms with Gasteiger partial charge in [-0.25, -0.2) is 0 Å². The summed E-state index contributed by atoms with van der Waals surface area (Å²) in [6.07, 6.45) is 2.17. The Hall–Kier alpha value is -0.130. The predicted octanol–water partition coefficient (Wildman–Crippen LogP) is 2.81. The van der Waals surface area contributed by atoms with Crippen LogP contribution in [0, 0.1) is 5.92 Å². The number of aliphatic hydroxyl groups excluding tert-OH is 1. The zero-order valence-electron chi connectivity index (χ0n) is 11.2. The van der Waals surface area contributed by atoms with Crippen molar-refractivity contribution in [2.24, 2.45) is 5.92 Å². The van der Waals surface area contributed by atoms with Gasteiger partial charge in [-0.1, -0.05) is 23.2 Å². The van der Waals surface area contributed by atoms with Crippen molar-refractivity contribution in [2.75, 3.05) is 32.0 Å². The summed E-state index contributed by atoms with van der Waals surface area (Å²) in [5.74, 6) is 0.894. The van der Waals surface area contributed by atoms with Crippen molar-refractivity contribution >= 4 is 34.0 Å². The maximum Gasteiger partial charge on any atom is 0.0589 e. The average molecular weight is 336 g/mol. The molecule has 1 saturated heterocycles. The fourth-order valence-corrected chi connectivity index (χ4v) is 4.28. The van der Waals surface area contributed by atoms with Gasteiger partial charge in [-0.15, -0.1) is 0 Å². The molecule has 3 nitrogen and oxygen atoms in total. The zero-order valence-corrected chi connectivity index (χ0v) is 13.6. The Bertz CT molecular complexity index is 484. The van der Waals surface area contributed by atoms with Crippen LogP contribution in [0.1, 0.15) is 12.8 Å². The Labute approximate surface area is 132 Å². The minimum atomic E-state index is -1.14. The number of likely N-dealkylation sites (tertiary alicyclic amines) is 1. The summed E-state index contributed by atoms with van der Waals surface area (Å²) in [4.78, 5) is 2.87. The van der Waals surface area contributed by atoms with Crippen LogP contribution in [0.3, 0.4) is 0 Å². The van der Waals surface area contributed by atoms with Gasteiger partial charge in [0, 0.05) is 30.5 Å².